The number of aromatic nitrogens is 2. The van der Waals surface area contributed by atoms with Crippen LogP contribution in [0, 0.1) is 0 Å². The SMILES string of the molecule is Clc1ccc2c(NCCOc3ccc4c(c3)OCO4)ncnc2c1. The fourth-order valence-corrected chi connectivity index (χ4v) is 2.64. The number of hydrogen-bond donors (Lipinski definition) is 1. The first-order chi connectivity index (χ1) is 11.8. The van der Waals surface area contributed by atoms with Gasteiger partial charge in [0.15, 0.2) is 11.5 Å². The maximum absolute atomic E-state index is 5.99. The minimum atomic E-state index is 0.255. The highest BCUT2D eigenvalue weighted by Gasteiger charge is 2.13. The van der Waals surface area contributed by atoms with Crippen molar-refractivity contribution >= 4 is 28.3 Å². The van der Waals surface area contributed by atoms with Gasteiger partial charge in [-0.1, -0.05) is 11.6 Å². The lowest BCUT2D eigenvalue weighted by Gasteiger charge is -2.10. The van der Waals surface area contributed by atoms with Gasteiger partial charge >= 0.3 is 0 Å². The van der Waals surface area contributed by atoms with Crippen molar-refractivity contribution in [3.8, 4) is 17.2 Å². The van der Waals surface area contributed by atoms with Crippen molar-refractivity contribution in [2.75, 3.05) is 25.3 Å². The van der Waals surface area contributed by atoms with Crippen LogP contribution in [0.2, 0.25) is 5.02 Å². The zero-order chi connectivity index (χ0) is 16.4. The van der Waals surface area contributed by atoms with E-state index in [9.17, 15) is 0 Å². The number of halogens is 1. The Bertz CT molecular complexity index is 888. The first-order valence-corrected chi connectivity index (χ1v) is 7.84. The molecule has 0 saturated heterocycles. The van der Waals surface area contributed by atoms with Crippen molar-refractivity contribution in [2.45, 2.75) is 0 Å². The summed E-state index contributed by atoms with van der Waals surface area (Å²) in [5, 5.41) is 4.83. The van der Waals surface area contributed by atoms with Crippen molar-refractivity contribution in [1.82, 2.24) is 9.97 Å². The van der Waals surface area contributed by atoms with Gasteiger partial charge in [0, 0.05) is 16.5 Å². The first kappa shape index (κ1) is 14.8. The molecule has 0 saturated carbocycles. The molecule has 0 aliphatic carbocycles. The van der Waals surface area contributed by atoms with Crippen LogP contribution in [0.4, 0.5) is 5.82 Å². The van der Waals surface area contributed by atoms with Gasteiger partial charge in [0.2, 0.25) is 6.79 Å². The molecule has 24 heavy (non-hydrogen) atoms. The van der Waals surface area contributed by atoms with Crippen molar-refractivity contribution in [2.24, 2.45) is 0 Å². The zero-order valence-corrected chi connectivity index (χ0v) is 13.4. The number of anilines is 1. The lowest BCUT2D eigenvalue weighted by atomic mass is 10.2. The fourth-order valence-electron chi connectivity index (χ4n) is 2.48. The number of hydrogen-bond acceptors (Lipinski definition) is 6. The van der Waals surface area contributed by atoms with Crippen LogP contribution < -0.4 is 19.5 Å². The van der Waals surface area contributed by atoms with Crippen LogP contribution in [-0.2, 0) is 0 Å². The number of ether oxygens (including phenoxy) is 3. The van der Waals surface area contributed by atoms with Gasteiger partial charge < -0.3 is 19.5 Å². The summed E-state index contributed by atoms with van der Waals surface area (Å²) in [6.07, 6.45) is 1.51. The normalized spacial score (nSPS) is 12.4. The molecule has 0 unspecified atom stereocenters. The molecule has 6 nitrogen and oxygen atoms in total. The maximum atomic E-state index is 5.99. The highest BCUT2D eigenvalue weighted by Crippen LogP contribution is 2.35. The van der Waals surface area contributed by atoms with Crippen LogP contribution >= 0.6 is 11.6 Å². The molecule has 0 atom stereocenters. The minimum absolute atomic E-state index is 0.255. The fraction of sp³-hybridized carbons (Fsp3) is 0.176. The van der Waals surface area contributed by atoms with E-state index in [1.807, 2.05) is 36.4 Å². The summed E-state index contributed by atoms with van der Waals surface area (Å²) in [4.78, 5) is 8.49. The predicted molar refractivity (Wildman–Crippen MR) is 91.1 cm³/mol. The molecule has 7 heteroatoms. The van der Waals surface area contributed by atoms with E-state index in [1.165, 1.54) is 6.33 Å². The molecule has 0 fully saturated rings. The van der Waals surface area contributed by atoms with Crippen LogP contribution in [0.15, 0.2) is 42.7 Å². The van der Waals surface area contributed by atoms with E-state index in [0.717, 1.165) is 28.2 Å². The van der Waals surface area contributed by atoms with E-state index >= 15 is 0 Å². The Morgan fingerprint density at radius 2 is 2.00 bits per heavy atom. The summed E-state index contributed by atoms with van der Waals surface area (Å²) in [5.41, 5.74) is 0.802. The van der Waals surface area contributed by atoms with Gasteiger partial charge in [0.05, 0.1) is 12.1 Å². The Balaban J connectivity index is 1.38. The van der Waals surface area contributed by atoms with Crippen LogP contribution in [0.5, 0.6) is 17.2 Å². The van der Waals surface area contributed by atoms with E-state index in [-0.39, 0.29) is 6.79 Å². The topological polar surface area (TPSA) is 65.5 Å². The molecular weight excluding hydrogens is 330 g/mol. The van der Waals surface area contributed by atoms with Gasteiger partial charge in [-0.2, -0.15) is 0 Å². The monoisotopic (exact) mass is 343 g/mol. The van der Waals surface area contributed by atoms with Crippen LogP contribution in [0.3, 0.4) is 0 Å². The third kappa shape index (κ3) is 3.00. The lowest BCUT2D eigenvalue weighted by molar-refractivity contribution is 0.174. The molecule has 0 amide bonds. The van der Waals surface area contributed by atoms with Gasteiger partial charge in [-0.25, -0.2) is 9.97 Å². The molecule has 2 heterocycles. The summed E-state index contributed by atoms with van der Waals surface area (Å²) in [5.74, 6) is 2.94. The smallest absolute Gasteiger partial charge is 0.231 e. The largest absolute Gasteiger partial charge is 0.492 e. The van der Waals surface area contributed by atoms with Gasteiger partial charge in [0.25, 0.3) is 0 Å². The van der Waals surface area contributed by atoms with E-state index in [2.05, 4.69) is 15.3 Å². The highest BCUT2D eigenvalue weighted by molar-refractivity contribution is 6.31. The number of benzene rings is 2. The average molecular weight is 344 g/mol. The Kier molecular flexibility index (Phi) is 3.96. The minimum Gasteiger partial charge on any atom is -0.492 e. The average Bonchev–Trinajstić information content (AvgIpc) is 3.06. The van der Waals surface area contributed by atoms with E-state index < -0.39 is 0 Å². The molecule has 1 N–H and O–H groups in total. The zero-order valence-electron chi connectivity index (χ0n) is 12.7. The van der Waals surface area contributed by atoms with Gasteiger partial charge in [-0.15, -0.1) is 0 Å². The number of nitrogens with zero attached hydrogens (tertiary/aromatic N) is 2. The summed E-state index contributed by atoms with van der Waals surface area (Å²) >= 11 is 5.99. The number of nitrogens with one attached hydrogen (secondary N) is 1. The second kappa shape index (κ2) is 6.41. The molecule has 0 bridgehead atoms. The maximum Gasteiger partial charge on any atom is 0.231 e. The molecule has 0 spiro atoms. The lowest BCUT2D eigenvalue weighted by Crippen LogP contribution is -2.12. The Labute approximate surface area is 143 Å². The predicted octanol–water partition coefficient (Wildman–Crippen LogP) is 3.50. The number of rotatable bonds is 5. The third-order valence-electron chi connectivity index (χ3n) is 3.61. The Morgan fingerprint density at radius 1 is 1.08 bits per heavy atom. The molecule has 2 aromatic carbocycles. The second-order valence-electron chi connectivity index (χ2n) is 5.17. The van der Waals surface area contributed by atoms with Crippen LogP contribution in [-0.4, -0.2) is 29.9 Å². The molecule has 122 valence electrons. The highest BCUT2D eigenvalue weighted by atomic mass is 35.5. The van der Waals surface area contributed by atoms with Crippen LogP contribution in [0.1, 0.15) is 0 Å². The molecule has 4 rings (SSSR count). The molecule has 1 aromatic heterocycles. The summed E-state index contributed by atoms with van der Waals surface area (Å²) in [6, 6.07) is 11.1. The number of fused-ring (bicyclic) bond motifs is 2. The van der Waals surface area contributed by atoms with E-state index in [0.29, 0.717) is 23.9 Å². The van der Waals surface area contributed by atoms with E-state index in [1.54, 1.807) is 0 Å². The second-order valence-corrected chi connectivity index (χ2v) is 5.61. The van der Waals surface area contributed by atoms with Crippen molar-refractivity contribution < 1.29 is 14.2 Å². The molecule has 3 aromatic rings. The standard InChI is InChI=1S/C17H14ClN3O3/c18-11-1-3-13-14(7-11)20-9-21-17(13)19-5-6-22-12-2-4-15-16(8-12)24-10-23-15/h1-4,7-9H,5-6,10H2,(H,19,20,21). The van der Waals surface area contributed by atoms with Crippen LogP contribution in [0.25, 0.3) is 10.9 Å². The van der Waals surface area contributed by atoms with Crippen molar-refractivity contribution in [3.05, 3.63) is 47.7 Å². The molecule has 1 aliphatic rings. The van der Waals surface area contributed by atoms with Gasteiger partial charge in [-0.05, 0) is 30.3 Å². The van der Waals surface area contributed by atoms with Crippen molar-refractivity contribution in [3.63, 3.8) is 0 Å². The molecule has 0 radical (unpaired) electrons. The Morgan fingerprint density at radius 3 is 2.96 bits per heavy atom. The molecular formula is C17H14ClN3O3. The van der Waals surface area contributed by atoms with Crippen molar-refractivity contribution in [1.29, 1.82) is 0 Å². The quantitative estimate of drug-likeness (QED) is 0.715. The summed E-state index contributed by atoms with van der Waals surface area (Å²) in [7, 11) is 0. The van der Waals surface area contributed by atoms with E-state index in [4.69, 9.17) is 25.8 Å². The van der Waals surface area contributed by atoms with Gasteiger partial charge in [0.1, 0.15) is 24.5 Å². The van der Waals surface area contributed by atoms with Gasteiger partial charge in [-0.3, -0.25) is 0 Å². The molecule has 1 aliphatic heterocycles. The first-order valence-electron chi connectivity index (χ1n) is 7.46. The summed E-state index contributed by atoms with van der Waals surface area (Å²) in [6.45, 7) is 1.34. The Hall–Kier alpha value is -2.73. The summed E-state index contributed by atoms with van der Waals surface area (Å²) < 4.78 is 16.3. The third-order valence-corrected chi connectivity index (χ3v) is 3.84.